The molecule has 0 unspecified atom stereocenters. The lowest BCUT2D eigenvalue weighted by Crippen LogP contribution is -2.14. The molecule has 0 fully saturated rings. The van der Waals surface area contributed by atoms with Crippen molar-refractivity contribution >= 4 is 17.4 Å². The number of imidazole rings is 1. The average Bonchev–Trinajstić information content (AvgIpc) is 3.15. The quantitative estimate of drug-likeness (QED) is 0.488. The summed E-state index contributed by atoms with van der Waals surface area (Å²) in [6.45, 7) is 4.37. The van der Waals surface area contributed by atoms with Gasteiger partial charge in [0.2, 0.25) is 0 Å². The Labute approximate surface area is 161 Å². The highest BCUT2D eigenvalue weighted by Crippen LogP contribution is 2.24. The van der Waals surface area contributed by atoms with Gasteiger partial charge >= 0.3 is 0 Å². The van der Waals surface area contributed by atoms with Crippen molar-refractivity contribution in [1.29, 1.82) is 0 Å². The highest BCUT2D eigenvalue weighted by molar-refractivity contribution is 7.98. The van der Waals surface area contributed by atoms with Crippen LogP contribution in [0.25, 0.3) is 11.3 Å². The first kappa shape index (κ1) is 17.5. The van der Waals surface area contributed by atoms with Gasteiger partial charge in [0.05, 0.1) is 5.69 Å². The van der Waals surface area contributed by atoms with Crippen molar-refractivity contribution in [3.05, 3.63) is 88.7 Å². The van der Waals surface area contributed by atoms with Gasteiger partial charge in [-0.25, -0.2) is 9.97 Å². The number of thioether (sulfide) groups is 1. The van der Waals surface area contributed by atoms with Crippen LogP contribution in [0, 0.1) is 0 Å². The van der Waals surface area contributed by atoms with Crippen molar-refractivity contribution in [2.24, 2.45) is 0 Å². The standard InChI is InChI=1S/C21H20N4OS/c1-15(2)16-6-8-18(9-7-16)24-12-10-22-21(24)27-14-17-13-20(26)25-11-4-3-5-19(25)23-17/h3-13,15H,14H2,1-2H3. The number of fused-ring (bicyclic) bond motifs is 1. The molecule has 0 aliphatic rings. The summed E-state index contributed by atoms with van der Waals surface area (Å²) in [6.07, 6.45) is 5.48. The third-order valence-corrected chi connectivity index (χ3v) is 5.42. The molecule has 0 saturated carbocycles. The molecule has 0 radical (unpaired) electrons. The first-order chi connectivity index (χ1) is 13.1. The van der Waals surface area contributed by atoms with E-state index in [1.807, 2.05) is 24.4 Å². The van der Waals surface area contributed by atoms with E-state index in [1.54, 1.807) is 34.6 Å². The van der Waals surface area contributed by atoms with Crippen LogP contribution in [0.1, 0.15) is 31.0 Å². The molecule has 136 valence electrons. The van der Waals surface area contributed by atoms with Gasteiger partial charge in [0, 0.05) is 36.1 Å². The van der Waals surface area contributed by atoms with E-state index in [0.29, 0.717) is 17.3 Å². The van der Waals surface area contributed by atoms with Crippen molar-refractivity contribution in [1.82, 2.24) is 18.9 Å². The van der Waals surface area contributed by atoms with Crippen LogP contribution in [0.2, 0.25) is 0 Å². The third-order valence-electron chi connectivity index (χ3n) is 4.42. The van der Waals surface area contributed by atoms with Crippen molar-refractivity contribution in [3.63, 3.8) is 0 Å². The molecule has 5 nitrogen and oxygen atoms in total. The summed E-state index contributed by atoms with van der Waals surface area (Å²) in [6, 6.07) is 15.7. The fraction of sp³-hybridized carbons (Fsp3) is 0.190. The Hall–Kier alpha value is -2.86. The maximum absolute atomic E-state index is 12.2. The summed E-state index contributed by atoms with van der Waals surface area (Å²) in [5.74, 6) is 1.09. The molecular weight excluding hydrogens is 356 g/mol. The van der Waals surface area contributed by atoms with Crippen LogP contribution in [0.5, 0.6) is 0 Å². The number of hydrogen-bond donors (Lipinski definition) is 0. The molecule has 1 aromatic carbocycles. The van der Waals surface area contributed by atoms with Crippen molar-refractivity contribution in [3.8, 4) is 5.69 Å². The smallest absolute Gasteiger partial charge is 0.258 e. The Bertz CT molecular complexity index is 1130. The fourth-order valence-electron chi connectivity index (χ4n) is 2.93. The second kappa shape index (κ2) is 7.40. The highest BCUT2D eigenvalue weighted by Gasteiger charge is 2.09. The van der Waals surface area contributed by atoms with Crippen LogP contribution in [0.4, 0.5) is 0 Å². The van der Waals surface area contributed by atoms with Gasteiger partial charge in [-0.1, -0.05) is 43.8 Å². The van der Waals surface area contributed by atoms with E-state index in [4.69, 9.17) is 0 Å². The largest absolute Gasteiger partial charge is 0.295 e. The van der Waals surface area contributed by atoms with Crippen LogP contribution in [0.15, 0.2) is 77.1 Å². The van der Waals surface area contributed by atoms with Gasteiger partial charge in [-0.15, -0.1) is 0 Å². The zero-order valence-electron chi connectivity index (χ0n) is 15.2. The monoisotopic (exact) mass is 376 g/mol. The van der Waals surface area contributed by atoms with Gasteiger partial charge in [0.1, 0.15) is 5.65 Å². The predicted octanol–water partition coefficient (Wildman–Crippen LogP) is 4.30. The minimum atomic E-state index is -0.0659. The number of hydrogen-bond acceptors (Lipinski definition) is 4. The van der Waals surface area contributed by atoms with E-state index in [2.05, 4.69) is 52.6 Å². The van der Waals surface area contributed by atoms with Gasteiger partial charge in [0.25, 0.3) is 5.56 Å². The van der Waals surface area contributed by atoms with E-state index < -0.39 is 0 Å². The van der Waals surface area contributed by atoms with Crippen LogP contribution in [-0.4, -0.2) is 18.9 Å². The molecule has 0 aliphatic heterocycles. The van der Waals surface area contributed by atoms with Gasteiger partial charge in [0.15, 0.2) is 5.16 Å². The summed E-state index contributed by atoms with van der Waals surface area (Å²) in [5, 5.41) is 0.877. The molecule has 27 heavy (non-hydrogen) atoms. The van der Waals surface area contributed by atoms with E-state index in [0.717, 1.165) is 16.5 Å². The molecule has 3 aromatic heterocycles. The Morgan fingerprint density at radius 3 is 2.67 bits per heavy atom. The second-order valence-corrected chi connectivity index (χ2v) is 7.57. The van der Waals surface area contributed by atoms with Gasteiger partial charge in [-0.05, 0) is 35.7 Å². The van der Waals surface area contributed by atoms with Crippen LogP contribution >= 0.6 is 11.8 Å². The topological polar surface area (TPSA) is 52.2 Å². The minimum Gasteiger partial charge on any atom is -0.295 e. The summed E-state index contributed by atoms with van der Waals surface area (Å²) in [4.78, 5) is 21.3. The number of aromatic nitrogens is 4. The number of nitrogens with zero attached hydrogens (tertiary/aromatic N) is 4. The van der Waals surface area contributed by atoms with E-state index >= 15 is 0 Å². The first-order valence-electron chi connectivity index (χ1n) is 8.85. The SMILES string of the molecule is CC(C)c1ccc(-n2ccnc2SCc2cc(=O)n3ccccc3n2)cc1. The molecule has 4 aromatic rings. The number of pyridine rings is 1. The lowest BCUT2D eigenvalue weighted by molar-refractivity contribution is 0.858. The molecule has 0 spiro atoms. The lowest BCUT2D eigenvalue weighted by Gasteiger charge is -2.10. The summed E-state index contributed by atoms with van der Waals surface area (Å²) in [7, 11) is 0. The maximum Gasteiger partial charge on any atom is 0.258 e. The maximum atomic E-state index is 12.2. The lowest BCUT2D eigenvalue weighted by atomic mass is 10.0. The number of benzene rings is 1. The Balaban J connectivity index is 1.56. The zero-order valence-corrected chi connectivity index (χ0v) is 16.1. The molecule has 0 saturated heterocycles. The predicted molar refractivity (Wildman–Crippen MR) is 109 cm³/mol. The van der Waals surface area contributed by atoms with Crippen LogP contribution in [0.3, 0.4) is 0 Å². The van der Waals surface area contributed by atoms with Crippen molar-refractivity contribution < 1.29 is 0 Å². The van der Waals surface area contributed by atoms with Crippen LogP contribution < -0.4 is 5.56 Å². The van der Waals surface area contributed by atoms with E-state index in [9.17, 15) is 4.79 Å². The molecule has 0 N–H and O–H groups in total. The normalized spacial score (nSPS) is 11.4. The minimum absolute atomic E-state index is 0.0659. The summed E-state index contributed by atoms with van der Waals surface area (Å²) in [5.41, 5.74) is 3.73. The molecule has 0 amide bonds. The Kier molecular flexibility index (Phi) is 4.81. The molecule has 4 rings (SSSR count). The Morgan fingerprint density at radius 1 is 1.07 bits per heavy atom. The molecule has 0 aliphatic carbocycles. The summed E-state index contributed by atoms with van der Waals surface area (Å²) >= 11 is 1.57. The molecule has 3 heterocycles. The fourth-order valence-corrected chi connectivity index (χ4v) is 3.79. The van der Waals surface area contributed by atoms with Gasteiger partial charge in [-0.3, -0.25) is 13.8 Å². The zero-order chi connectivity index (χ0) is 18.8. The third kappa shape index (κ3) is 3.66. The van der Waals surface area contributed by atoms with Crippen LogP contribution in [-0.2, 0) is 5.75 Å². The Morgan fingerprint density at radius 2 is 1.89 bits per heavy atom. The van der Waals surface area contributed by atoms with Gasteiger partial charge in [-0.2, -0.15) is 0 Å². The average molecular weight is 376 g/mol. The second-order valence-electron chi connectivity index (χ2n) is 6.63. The first-order valence-corrected chi connectivity index (χ1v) is 9.84. The molecule has 6 heteroatoms. The molecule has 0 atom stereocenters. The van der Waals surface area contributed by atoms with Crippen molar-refractivity contribution in [2.45, 2.75) is 30.7 Å². The summed E-state index contributed by atoms with van der Waals surface area (Å²) < 4.78 is 3.61. The van der Waals surface area contributed by atoms with E-state index in [1.165, 1.54) is 5.56 Å². The van der Waals surface area contributed by atoms with E-state index in [-0.39, 0.29) is 5.56 Å². The number of rotatable bonds is 5. The highest BCUT2D eigenvalue weighted by atomic mass is 32.2. The van der Waals surface area contributed by atoms with Gasteiger partial charge < -0.3 is 0 Å². The molecular formula is C21H20N4OS. The molecule has 0 bridgehead atoms. The van der Waals surface area contributed by atoms with Crippen molar-refractivity contribution in [2.75, 3.05) is 0 Å².